The van der Waals surface area contributed by atoms with Gasteiger partial charge in [-0.25, -0.2) is 17.2 Å². The smallest absolute Gasteiger partial charge is 0.290 e. The summed E-state index contributed by atoms with van der Waals surface area (Å²) >= 11 is 0. The van der Waals surface area contributed by atoms with Crippen molar-refractivity contribution in [1.82, 2.24) is 14.8 Å². The van der Waals surface area contributed by atoms with Gasteiger partial charge in [0, 0.05) is 16.2 Å². The van der Waals surface area contributed by atoms with Crippen molar-refractivity contribution < 1.29 is 26.0 Å². The summed E-state index contributed by atoms with van der Waals surface area (Å²) in [5.41, 5.74) is -1.28. The molecule has 0 bridgehead atoms. The minimum Gasteiger partial charge on any atom is -0.290 e. The zero-order chi connectivity index (χ0) is 15.2. The van der Waals surface area contributed by atoms with Crippen LogP contribution in [0.1, 0.15) is 26.6 Å². The van der Waals surface area contributed by atoms with Crippen LogP contribution >= 0.6 is 10.7 Å². The van der Waals surface area contributed by atoms with Crippen LogP contribution in [-0.2, 0) is 20.5 Å². The van der Waals surface area contributed by atoms with Crippen LogP contribution in [0.5, 0.6) is 0 Å². The Hall–Kier alpha value is -0.900. The van der Waals surface area contributed by atoms with Gasteiger partial charge >= 0.3 is 12.3 Å². The van der Waals surface area contributed by atoms with Gasteiger partial charge in [0.25, 0.3) is 14.2 Å². The lowest BCUT2D eigenvalue weighted by Gasteiger charge is -2.26. The molecule has 0 aliphatic heterocycles. The molecule has 1 heterocycles. The first-order chi connectivity index (χ1) is 8.29. The highest BCUT2D eigenvalue weighted by Crippen LogP contribution is 2.37. The predicted octanol–water partition coefficient (Wildman–Crippen LogP) is 2.32. The molecule has 11 heteroatoms. The van der Waals surface area contributed by atoms with E-state index < -0.39 is 37.9 Å². The molecule has 110 valence electrons. The van der Waals surface area contributed by atoms with Gasteiger partial charge in [-0.2, -0.15) is 8.78 Å². The van der Waals surface area contributed by atoms with Gasteiger partial charge in [0.2, 0.25) is 5.82 Å². The fourth-order valence-electron chi connectivity index (χ4n) is 1.35. The summed E-state index contributed by atoms with van der Waals surface area (Å²) in [7, 11) is 0.531. The fourth-order valence-corrected chi connectivity index (χ4v) is 2.36. The molecule has 0 amide bonds. The summed E-state index contributed by atoms with van der Waals surface area (Å²) in [5, 5.41) is 4.84. The van der Waals surface area contributed by atoms with Crippen LogP contribution in [0.15, 0.2) is 5.16 Å². The fraction of sp³-hybridized carbons (Fsp3) is 0.750. The van der Waals surface area contributed by atoms with E-state index in [-0.39, 0.29) is 0 Å². The molecule has 0 radical (unpaired) electrons. The van der Waals surface area contributed by atoms with Crippen molar-refractivity contribution in [2.75, 3.05) is 0 Å². The average Bonchev–Trinajstić information content (AvgIpc) is 2.59. The maximum Gasteiger partial charge on any atom is 0.365 e. The topological polar surface area (TPSA) is 64.8 Å². The largest absolute Gasteiger partial charge is 0.365 e. The van der Waals surface area contributed by atoms with Gasteiger partial charge in [0.15, 0.2) is 0 Å². The lowest BCUT2D eigenvalue weighted by atomic mass is 10.1. The Labute approximate surface area is 111 Å². The highest BCUT2D eigenvalue weighted by Gasteiger charge is 2.50. The molecule has 0 N–H and O–H groups in total. The summed E-state index contributed by atoms with van der Waals surface area (Å²) in [6.45, 7) is 3.98. The average molecular weight is 324 g/mol. The third-order valence-electron chi connectivity index (χ3n) is 2.09. The summed E-state index contributed by atoms with van der Waals surface area (Å²) in [6, 6.07) is 0. The zero-order valence-electron chi connectivity index (χ0n) is 10.0. The van der Waals surface area contributed by atoms with Crippen molar-refractivity contribution in [2.24, 2.45) is 0 Å². The van der Waals surface area contributed by atoms with Crippen molar-refractivity contribution in [1.29, 1.82) is 0 Å². The zero-order valence-corrected chi connectivity index (χ0v) is 11.6. The van der Waals surface area contributed by atoms with Crippen molar-refractivity contribution in [2.45, 2.75) is 43.8 Å². The van der Waals surface area contributed by atoms with Crippen LogP contribution in [0, 0.1) is 0 Å². The molecule has 0 fully saturated rings. The molecule has 0 saturated heterocycles. The maximum atomic E-state index is 13.4. The number of hydrogen-bond donors (Lipinski definition) is 0. The molecule has 19 heavy (non-hydrogen) atoms. The van der Waals surface area contributed by atoms with Gasteiger partial charge in [0.05, 0.1) is 0 Å². The number of alkyl halides is 4. The minimum absolute atomic E-state index is 0.390. The van der Waals surface area contributed by atoms with Gasteiger partial charge < -0.3 is 0 Å². The number of halogens is 5. The van der Waals surface area contributed by atoms with Gasteiger partial charge in [-0.05, 0) is 20.8 Å². The predicted molar refractivity (Wildman–Crippen MR) is 58.0 cm³/mol. The molecule has 0 aliphatic carbocycles. The van der Waals surface area contributed by atoms with E-state index in [2.05, 4.69) is 10.2 Å². The maximum absolute atomic E-state index is 13.4. The summed E-state index contributed by atoms with van der Waals surface area (Å²) < 4.78 is 74.3. The van der Waals surface area contributed by atoms with Crippen molar-refractivity contribution in [3.63, 3.8) is 0 Å². The Kier molecular flexibility index (Phi) is 3.90. The van der Waals surface area contributed by atoms with Crippen molar-refractivity contribution in [3.05, 3.63) is 5.82 Å². The second kappa shape index (κ2) is 4.58. The first-order valence-corrected chi connectivity index (χ1v) is 7.17. The summed E-state index contributed by atoms with van der Waals surface area (Å²) in [4.78, 5) is 0. The molecular weight excluding hydrogens is 314 g/mol. The van der Waals surface area contributed by atoms with E-state index in [1.165, 1.54) is 20.8 Å². The third kappa shape index (κ3) is 2.99. The highest BCUT2D eigenvalue weighted by atomic mass is 35.7. The Bertz CT molecular complexity index is 579. The van der Waals surface area contributed by atoms with E-state index in [1.54, 1.807) is 0 Å². The van der Waals surface area contributed by atoms with Gasteiger partial charge in [-0.3, -0.25) is 4.57 Å². The molecule has 0 saturated carbocycles. The molecule has 0 unspecified atom stereocenters. The molecule has 1 aromatic heterocycles. The molecule has 1 aromatic rings. The lowest BCUT2D eigenvalue weighted by Crippen LogP contribution is -2.35. The van der Waals surface area contributed by atoms with E-state index in [0.29, 0.717) is 4.57 Å². The van der Waals surface area contributed by atoms with Crippen molar-refractivity contribution >= 4 is 19.7 Å². The monoisotopic (exact) mass is 323 g/mol. The second-order valence-corrected chi connectivity index (χ2v) is 7.13. The normalized spacial score (nSPS) is 14.2. The molecule has 1 rings (SSSR count). The number of hydrogen-bond acceptors (Lipinski definition) is 4. The van der Waals surface area contributed by atoms with Gasteiger partial charge in [0.1, 0.15) is 0 Å². The van der Waals surface area contributed by atoms with Crippen LogP contribution in [0.4, 0.5) is 17.6 Å². The summed E-state index contributed by atoms with van der Waals surface area (Å²) in [5.74, 6) is -6.09. The van der Waals surface area contributed by atoms with Crippen LogP contribution in [0.3, 0.4) is 0 Å². The Balaban J connectivity index is 3.67. The molecule has 0 aliphatic rings. The van der Waals surface area contributed by atoms with E-state index >= 15 is 0 Å². The third-order valence-corrected chi connectivity index (χ3v) is 3.21. The van der Waals surface area contributed by atoms with Gasteiger partial charge in [-0.15, -0.1) is 10.2 Å². The van der Waals surface area contributed by atoms with E-state index in [1.807, 2.05) is 0 Å². The van der Waals surface area contributed by atoms with E-state index in [0.717, 1.165) is 0 Å². The second-order valence-electron chi connectivity index (χ2n) is 4.67. The first kappa shape index (κ1) is 16.2. The molecule has 0 aromatic carbocycles. The standard InChI is InChI=1S/C8H10ClF4N3O2S/c1-7(2,3)16-5(8(12,13)4(10)11)14-15-6(16)19(9,17)18/h4H,1-3H3. The summed E-state index contributed by atoms with van der Waals surface area (Å²) in [6.07, 6.45) is -4.05. The number of nitrogens with zero attached hydrogens (tertiary/aromatic N) is 3. The minimum atomic E-state index is -4.64. The van der Waals surface area contributed by atoms with Crippen molar-refractivity contribution in [3.8, 4) is 0 Å². The molecule has 0 spiro atoms. The van der Waals surface area contributed by atoms with E-state index in [4.69, 9.17) is 10.7 Å². The van der Waals surface area contributed by atoms with E-state index in [9.17, 15) is 26.0 Å². The van der Waals surface area contributed by atoms with Gasteiger partial charge in [-0.1, -0.05) is 0 Å². The highest BCUT2D eigenvalue weighted by molar-refractivity contribution is 8.13. The van der Waals surface area contributed by atoms with Crippen LogP contribution in [-0.4, -0.2) is 29.6 Å². The quantitative estimate of drug-likeness (QED) is 0.632. The lowest BCUT2D eigenvalue weighted by molar-refractivity contribution is -0.144. The SMILES string of the molecule is CC(C)(C)n1c(C(F)(F)C(F)F)nnc1S(=O)(=O)Cl. The Morgan fingerprint density at radius 1 is 1.21 bits per heavy atom. The Morgan fingerprint density at radius 3 is 2.00 bits per heavy atom. The number of rotatable bonds is 3. The molecular formula is C8H10ClF4N3O2S. The van der Waals surface area contributed by atoms with Crippen LogP contribution < -0.4 is 0 Å². The molecule has 5 nitrogen and oxygen atoms in total. The van der Waals surface area contributed by atoms with Crippen LogP contribution in [0.2, 0.25) is 0 Å². The Morgan fingerprint density at radius 2 is 1.68 bits per heavy atom. The number of aromatic nitrogens is 3. The molecule has 0 atom stereocenters. The first-order valence-electron chi connectivity index (χ1n) is 4.86. The van der Waals surface area contributed by atoms with Crippen LogP contribution in [0.25, 0.3) is 0 Å².